The van der Waals surface area contributed by atoms with Crippen molar-refractivity contribution < 1.29 is 19.5 Å². The first-order valence-corrected chi connectivity index (χ1v) is 7.03. The van der Waals surface area contributed by atoms with Gasteiger partial charge in [0.25, 0.3) is 0 Å². The Morgan fingerprint density at radius 3 is 2.57 bits per heavy atom. The van der Waals surface area contributed by atoms with Crippen LogP contribution in [-0.2, 0) is 14.3 Å². The fourth-order valence-electron chi connectivity index (χ4n) is 2.50. The van der Waals surface area contributed by atoms with Crippen LogP contribution in [0.5, 0.6) is 0 Å². The van der Waals surface area contributed by atoms with Crippen LogP contribution in [0.25, 0.3) is 0 Å². The van der Waals surface area contributed by atoms with E-state index in [1.54, 1.807) is 6.92 Å². The standard InChI is InChI=1S/C13H24N4O4/c1-9(10(18)15-7-8-21-2)16-12(19)13(11(14)17-20)5-3-4-6-13/h9,20H,3-8H2,1-2H3,(H2,14,17)(H,15,18)(H,16,19). The quantitative estimate of drug-likeness (QED) is 0.167. The van der Waals surface area contributed by atoms with Crippen LogP contribution in [0.3, 0.4) is 0 Å². The van der Waals surface area contributed by atoms with Crippen molar-refractivity contribution in [2.75, 3.05) is 20.3 Å². The SMILES string of the molecule is COCCNC(=O)C(C)NC(=O)C1(C(N)=NO)CCCC1. The Bertz CT molecular complexity index is 405. The molecular formula is C13H24N4O4. The van der Waals surface area contributed by atoms with Gasteiger partial charge in [0, 0.05) is 13.7 Å². The minimum Gasteiger partial charge on any atom is -0.409 e. The molecule has 0 aromatic carbocycles. The molecule has 1 fully saturated rings. The molecular weight excluding hydrogens is 276 g/mol. The molecule has 1 aliphatic rings. The molecule has 1 rings (SSSR count). The molecule has 1 aliphatic carbocycles. The number of amidine groups is 1. The second-order valence-corrected chi connectivity index (χ2v) is 5.25. The van der Waals surface area contributed by atoms with E-state index in [-0.39, 0.29) is 17.6 Å². The van der Waals surface area contributed by atoms with Crippen LogP contribution < -0.4 is 16.4 Å². The third kappa shape index (κ3) is 4.07. The van der Waals surface area contributed by atoms with Crippen molar-refractivity contribution in [2.24, 2.45) is 16.3 Å². The van der Waals surface area contributed by atoms with Gasteiger partial charge in [-0.1, -0.05) is 18.0 Å². The van der Waals surface area contributed by atoms with E-state index in [2.05, 4.69) is 15.8 Å². The molecule has 2 amide bonds. The highest BCUT2D eigenvalue weighted by Crippen LogP contribution is 2.38. The highest BCUT2D eigenvalue weighted by Gasteiger charge is 2.46. The van der Waals surface area contributed by atoms with Gasteiger partial charge in [-0.05, 0) is 19.8 Å². The predicted octanol–water partition coefficient (Wildman–Crippen LogP) is -0.439. The molecule has 1 saturated carbocycles. The van der Waals surface area contributed by atoms with E-state index in [1.165, 1.54) is 7.11 Å². The molecule has 0 spiro atoms. The van der Waals surface area contributed by atoms with E-state index in [9.17, 15) is 9.59 Å². The lowest BCUT2D eigenvalue weighted by atomic mass is 9.83. The van der Waals surface area contributed by atoms with E-state index in [1.807, 2.05) is 0 Å². The van der Waals surface area contributed by atoms with Crippen LogP contribution in [0.1, 0.15) is 32.6 Å². The number of hydrogen-bond acceptors (Lipinski definition) is 5. The smallest absolute Gasteiger partial charge is 0.242 e. The third-order valence-corrected chi connectivity index (χ3v) is 3.84. The Labute approximate surface area is 124 Å². The highest BCUT2D eigenvalue weighted by molar-refractivity contribution is 6.07. The first-order valence-electron chi connectivity index (χ1n) is 7.03. The fraction of sp³-hybridized carbons (Fsp3) is 0.769. The molecule has 1 atom stereocenters. The average molecular weight is 300 g/mol. The zero-order valence-electron chi connectivity index (χ0n) is 12.5. The van der Waals surface area contributed by atoms with Crippen LogP contribution in [0.15, 0.2) is 5.16 Å². The molecule has 120 valence electrons. The molecule has 0 aromatic rings. The molecule has 8 heteroatoms. The lowest BCUT2D eigenvalue weighted by molar-refractivity contribution is -0.132. The zero-order chi connectivity index (χ0) is 15.9. The maximum absolute atomic E-state index is 12.4. The topological polar surface area (TPSA) is 126 Å². The fourth-order valence-corrected chi connectivity index (χ4v) is 2.50. The Balaban J connectivity index is 2.63. The van der Waals surface area contributed by atoms with Crippen LogP contribution in [0.2, 0.25) is 0 Å². The number of methoxy groups -OCH3 is 1. The maximum Gasteiger partial charge on any atom is 0.242 e. The molecule has 5 N–H and O–H groups in total. The molecule has 0 aromatic heterocycles. The summed E-state index contributed by atoms with van der Waals surface area (Å²) in [6.45, 7) is 2.37. The summed E-state index contributed by atoms with van der Waals surface area (Å²) in [6, 6.07) is -0.696. The van der Waals surface area contributed by atoms with E-state index >= 15 is 0 Å². The van der Waals surface area contributed by atoms with Gasteiger partial charge in [-0.2, -0.15) is 0 Å². The van der Waals surface area contributed by atoms with E-state index in [0.29, 0.717) is 26.0 Å². The number of ether oxygens (including phenoxy) is 1. The van der Waals surface area contributed by atoms with Gasteiger partial charge < -0.3 is 26.3 Å². The monoisotopic (exact) mass is 300 g/mol. The van der Waals surface area contributed by atoms with Gasteiger partial charge in [0.2, 0.25) is 11.8 Å². The average Bonchev–Trinajstić information content (AvgIpc) is 2.97. The van der Waals surface area contributed by atoms with Crippen LogP contribution in [0.4, 0.5) is 0 Å². The first-order chi connectivity index (χ1) is 9.97. The number of oxime groups is 1. The molecule has 21 heavy (non-hydrogen) atoms. The van der Waals surface area contributed by atoms with Crippen LogP contribution >= 0.6 is 0 Å². The van der Waals surface area contributed by atoms with Crippen molar-refractivity contribution in [3.63, 3.8) is 0 Å². The minimum atomic E-state index is -1.00. The second kappa shape index (κ2) is 7.82. The zero-order valence-corrected chi connectivity index (χ0v) is 12.5. The Morgan fingerprint density at radius 1 is 1.43 bits per heavy atom. The van der Waals surface area contributed by atoms with Gasteiger partial charge in [0.05, 0.1) is 6.61 Å². The van der Waals surface area contributed by atoms with Gasteiger partial charge in [-0.3, -0.25) is 9.59 Å². The minimum absolute atomic E-state index is 0.0931. The molecule has 0 aliphatic heterocycles. The molecule has 8 nitrogen and oxygen atoms in total. The lowest BCUT2D eigenvalue weighted by Gasteiger charge is -2.27. The van der Waals surface area contributed by atoms with E-state index in [4.69, 9.17) is 15.7 Å². The summed E-state index contributed by atoms with van der Waals surface area (Å²) >= 11 is 0. The van der Waals surface area contributed by atoms with Crippen molar-refractivity contribution in [2.45, 2.75) is 38.6 Å². The number of nitrogens with two attached hydrogens (primary N) is 1. The van der Waals surface area contributed by atoms with Crippen molar-refractivity contribution >= 4 is 17.6 Å². The summed E-state index contributed by atoms with van der Waals surface area (Å²) in [7, 11) is 1.54. The number of amides is 2. The van der Waals surface area contributed by atoms with Crippen molar-refractivity contribution in [1.82, 2.24) is 10.6 Å². The normalized spacial score (nSPS) is 19.0. The van der Waals surface area contributed by atoms with Gasteiger partial charge in [0.15, 0.2) is 5.84 Å². The van der Waals surface area contributed by atoms with Crippen molar-refractivity contribution in [3.8, 4) is 0 Å². The van der Waals surface area contributed by atoms with Gasteiger partial charge in [-0.15, -0.1) is 0 Å². The number of nitrogens with one attached hydrogen (secondary N) is 2. The number of nitrogens with zero attached hydrogens (tertiary/aromatic N) is 1. The Morgan fingerprint density at radius 2 is 2.05 bits per heavy atom. The van der Waals surface area contributed by atoms with Gasteiger partial charge >= 0.3 is 0 Å². The largest absolute Gasteiger partial charge is 0.409 e. The number of carbonyl (C=O) groups excluding carboxylic acids is 2. The van der Waals surface area contributed by atoms with Gasteiger partial charge in [-0.25, -0.2) is 0 Å². The Hall–Kier alpha value is -1.83. The number of carbonyl (C=O) groups is 2. The summed E-state index contributed by atoms with van der Waals surface area (Å²) in [6.07, 6.45) is 2.70. The third-order valence-electron chi connectivity index (χ3n) is 3.84. The van der Waals surface area contributed by atoms with Crippen molar-refractivity contribution in [3.05, 3.63) is 0 Å². The molecule has 0 bridgehead atoms. The first kappa shape index (κ1) is 17.2. The summed E-state index contributed by atoms with van der Waals surface area (Å²) < 4.78 is 4.83. The van der Waals surface area contributed by atoms with Crippen molar-refractivity contribution in [1.29, 1.82) is 0 Å². The second-order valence-electron chi connectivity index (χ2n) is 5.25. The lowest BCUT2D eigenvalue weighted by Crippen LogP contribution is -2.54. The predicted molar refractivity (Wildman–Crippen MR) is 76.8 cm³/mol. The maximum atomic E-state index is 12.4. The van der Waals surface area contributed by atoms with E-state index in [0.717, 1.165) is 12.8 Å². The highest BCUT2D eigenvalue weighted by atomic mass is 16.5. The molecule has 0 radical (unpaired) electrons. The Kier molecular flexibility index (Phi) is 6.41. The summed E-state index contributed by atoms with van der Waals surface area (Å²) in [4.78, 5) is 24.2. The van der Waals surface area contributed by atoms with Crippen LogP contribution in [0, 0.1) is 5.41 Å². The number of rotatable bonds is 7. The molecule has 0 saturated heterocycles. The summed E-state index contributed by atoms with van der Waals surface area (Å²) in [5.74, 6) is -0.762. The molecule has 0 heterocycles. The summed E-state index contributed by atoms with van der Waals surface area (Å²) in [5.41, 5.74) is 4.68. The van der Waals surface area contributed by atoms with Crippen LogP contribution in [-0.4, -0.2) is 49.2 Å². The molecule has 1 unspecified atom stereocenters. The van der Waals surface area contributed by atoms with Gasteiger partial charge in [0.1, 0.15) is 11.5 Å². The van der Waals surface area contributed by atoms with E-state index < -0.39 is 11.5 Å². The number of hydrogen-bond donors (Lipinski definition) is 4. The summed E-state index contributed by atoms with van der Waals surface area (Å²) in [5, 5.41) is 17.2.